The Balaban J connectivity index is 4.02. The van der Waals surface area contributed by atoms with E-state index in [1.807, 2.05) is 6.07 Å². The van der Waals surface area contributed by atoms with Gasteiger partial charge in [-0.15, -0.1) is 0 Å². The molecule has 0 heterocycles. The Labute approximate surface area is 130 Å². The van der Waals surface area contributed by atoms with Crippen LogP contribution in [0.5, 0.6) is 0 Å². The summed E-state index contributed by atoms with van der Waals surface area (Å²) in [6.45, 7) is 0. The van der Waals surface area contributed by atoms with Crippen molar-refractivity contribution in [3.8, 4) is 0 Å². The first-order valence-corrected chi connectivity index (χ1v) is 5.78. The number of rotatable bonds is 3. The molecule has 0 saturated carbocycles. The number of hydrogen-bond donors (Lipinski definition) is 0. The van der Waals surface area contributed by atoms with Crippen molar-refractivity contribution in [2.75, 3.05) is 0 Å². The van der Waals surface area contributed by atoms with Crippen molar-refractivity contribution in [3.05, 3.63) is 35.9 Å². The predicted molar refractivity (Wildman–Crippen MR) is 55.0 cm³/mol. The number of hydrogen-bond acceptors (Lipinski definition) is 0. The van der Waals surface area contributed by atoms with E-state index >= 15 is 0 Å². The monoisotopic (exact) mass is 395 g/mol. The quantitative estimate of drug-likeness (QED) is 0.578. The zero-order chi connectivity index (χ0) is 20.1. The van der Waals surface area contributed by atoms with Gasteiger partial charge in [0.05, 0.1) is 0 Å². The standard InChI is InChI=1S/C12H4F13/c13-7(10(17,18)19,6-4-2-1-3-5-6)8(14,11(20,21)22)9(15,16)12(23,24)25/h2-5H. The molecular weight excluding hydrogens is 391 g/mol. The highest BCUT2D eigenvalue weighted by atomic mass is 19.4. The van der Waals surface area contributed by atoms with Gasteiger partial charge in [0.25, 0.3) is 5.67 Å². The smallest absolute Gasteiger partial charge is 0.224 e. The lowest BCUT2D eigenvalue weighted by Crippen LogP contribution is -2.73. The molecule has 0 aliphatic rings. The van der Waals surface area contributed by atoms with Gasteiger partial charge in [0.15, 0.2) is 0 Å². The van der Waals surface area contributed by atoms with Crippen LogP contribution in [0.15, 0.2) is 24.3 Å². The predicted octanol–water partition coefficient (Wildman–Crippen LogP) is 5.68. The van der Waals surface area contributed by atoms with Crippen molar-refractivity contribution in [3.63, 3.8) is 0 Å². The SMILES string of the molecule is FC(F)(F)C(F)(F)C(F)(C(F)(F)F)C(F)(c1cc[c]cc1)C(F)(F)F. The maximum atomic E-state index is 14.4. The molecule has 1 aromatic rings. The maximum absolute atomic E-state index is 14.4. The lowest BCUT2D eigenvalue weighted by Gasteiger charge is -2.45. The highest BCUT2D eigenvalue weighted by Gasteiger charge is 2.93. The molecule has 0 amide bonds. The molecular formula is C12H4F13. The first kappa shape index (κ1) is 21.4. The van der Waals surface area contributed by atoms with Gasteiger partial charge in [-0.2, -0.15) is 48.3 Å². The van der Waals surface area contributed by atoms with Crippen LogP contribution in [0.2, 0.25) is 0 Å². The van der Waals surface area contributed by atoms with E-state index in [9.17, 15) is 57.1 Å². The van der Waals surface area contributed by atoms with Crippen LogP contribution >= 0.6 is 0 Å². The Bertz CT molecular complexity index is 596. The van der Waals surface area contributed by atoms with Gasteiger partial charge in [-0.1, -0.05) is 24.3 Å². The second-order valence-electron chi connectivity index (χ2n) is 4.67. The van der Waals surface area contributed by atoms with Gasteiger partial charge < -0.3 is 0 Å². The fraction of sp³-hybridized carbons (Fsp3) is 0.500. The van der Waals surface area contributed by atoms with Crippen molar-refractivity contribution in [1.29, 1.82) is 0 Å². The molecule has 0 aromatic heterocycles. The molecule has 2 atom stereocenters. The van der Waals surface area contributed by atoms with E-state index in [-0.39, 0.29) is 24.3 Å². The number of alkyl halides is 13. The van der Waals surface area contributed by atoms with Gasteiger partial charge in [0.1, 0.15) is 0 Å². The summed E-state index contributed by atoms with van der Waals surface area (Å²) in [5, 5.41) is 0. The van der Waals surface area contributed by atoms with E-state index in [1.54, 1.807) is 0 Å². The van der Waals surface area contributed by atoms with Crippen LogP contribution in [0.3, 0.4) is 0 Å². The summed E-state index contributed by atoms with van der Waals surface area (Å²) in [6.07, 6.45) is -22.2. The number of benzene rings is 1. The van der Waals surface area contributed by atoms with Crippen LogP contribution in [0.4, 0.5) is 57.1 Å². The van der Waals surface area contributed by atoms with E-state index in [0.29, 0.717) is 0 Å². The minimum absolute atomic E-state index is 0.250. The summed E-state index contributed by atoms with van der Waals surface area (Å²) in [7, 11) is 0. The van der Waals surface area contributed by atoms with Gasteiger partial charge in [-0.25, -0.2) is 8.78 Å². The molecule has 25 heavy (non-hydrogen) atoms. The maximum Gasteiger partial charge on any atom is 0.457 e. The van der Waals surface area contributed by atoms with Crippen molar-refractivity contribution >= 4 is 0 Å². The number of halogens is 13. The minimum atomic E-state index is -7.78. The molecule has 0 fully saturated rings. The Morgan fingerprint density at radius 2 is 0.960 bits per heavy atom. The molecule has 2 unspecified atom stereocenters. The zero-order valence-electron chi connectivity index (χ0n) is 11.2. The third-order valence-corrected chi connectivity index (χ3v) is 3.16. The lowest BCUT2D eigenvalue weighted by atomic mass is 9.74. The molecule has 0 N–H and O–H groups in total. The van der Waals surface area contributed by atoms with Gasteiger partial charge in [-0.05, 0) is 6.07 Å². The van der Waals surface area contributed by atoms with Gasteiger partial charge in [-0.3, -0.25) is 0 Å². The second-order valence-corrected chi connectivity index (χ2v) is 4.67. The van der Waals surface area contributed by atoms with Gasteiger partial charge in [0.2, 0.25) is 0 Å². The highest BCUT2D eigenvalue weighted by molar-refractivity contribution is 5.33. The Morgan fingerprint density at radius 3 is 1.24 bits per heavy atom. The van der Waals surface area contributed by atoms with Gasteiger partial charge >= 0.3 is 30.1 Å². The Hall–Kier alpha value is -1.69. The molecule has 0 aliphatic carbocycles. The van der Waals surface area contributed by atoms with Crippen LogP contribution in [0.1, 0.15) is 5.56 Å². The van der Waals surface area contributed by atoms with E-state index < -0.39 is 41.4 Å². The van der Waals surface area contributed by atoms with Crippen LogP contribution in [0.25, 0.3) is 0 Å². The topological polar surface area (TPSA) is 0 Å². The zero-order valence-corrected chi connectivity index (χ0v) is 11.2. The summed E-state index contributed by atoms with van der Waals surface area (Å²) < 4.78 is 169. The first-order chi connectivity index (χ1) is 10.9. The molecule has 0 spiro atoms. The first-order valence-electron chi connectivity index (χ1n) is 5.78. The molecule has 13 heteroatoms. The van der Waals surface area contributed by atoms with Crippen LogP contribution in [0, 0.1) is 6.07 Å². The molecule has 1 radical (unpaired) electrons. The summed E-state index contributed by atoms with van der Waals surface area (Å²) in [4.78, 5) is 0. The fourth-order valence-electron chi connectivity index (χ4n) is 1.96. The third kappa shape index (κ3) is 2.80. The van der Waals surface area contributed by atoms with Crippen molar-refractivity contribution < 1.29 is 57.1 Å². The average molecular weight is 395 g/mol. The van der Waals surface area contributed by atoms with Crippen LogP contribution in [-0.4, -0.2) is 30.1 Å². The van der Waals surface area contributed by atoms with Crippen LogP contribution < -0.4 is 0 Å². The average Bonchev–Trinajstić information content (AvgIpc) is 2.42. The van der Waals surface area contributed by atoms with E-state index in [1.165, 1.54) is 0 Å². The Kier molecular flexibility index (Phi) is 4.83. The van der Waals surface area contributed by atoms with E-state index in [4.69, 9.17) is 0 Å². The van der Waals surface area contributed by atoms with Crippen molar-refractivity contribution in [2.45, 2.75) is 35.8 Å². The minimum Gasteiger partial charge on any atom is -0.224 e. The fourth-order valence-corrected chi connectivity index (χ4v) is 1.96. The summed E-state index contributed by atoms with van der Waals surface area (Å²) in [6, 6.07) is 1.92. The Morgan fingerprint density at radius 1 is 0.560 bits per heavy atom. The molecule has 1 rings (SSSR count). The molecule has 143 valence electrons. The van der Waals surface area contributed by atoms with E-state index in [0.717, 1.165) is 0 Å². The van der Waals surface area contributed by atoms with Crippen molar-refractivity contribution in [1.82, 2.24) is 0 Å². The molecule has 1 aromatic carbocycles. The molecule has 0 nitrogen and oxygen atoms in total. The molecule has 0 bridgehead atoms. The summed E-state index contributed by atoms with van der Waals surface area (Å²) >= 11 is 0. The lowest BCUT2D eigenvalue weighted by molar-refractivity contribution is -0.439. The van der Waals surface area contributed by atoms with Crippen molar-refractivity contribution in [2.24, 2.45) is 0 Å². The summed E-state index contributed by atoms with van der Waals surface area (Å²) in [5.41, 5.74) is -16.9. The highest BCUT2D eigenvalue weighted by Crippen LogP contribution is 2.65. The molecule has 0 saturated heterocycles. The third-order valence-electron chi connectivity index (χ3n) is 3.16. The normalized spacial score (nSPS) is 19.2. The van der Waals surface area contributed by atoms with Crippen LogP contribution in [-0.2, 0) is 5.67 Å². The van der Waals surface area contributed by atoms with E-state index in [2.05, 4.69) is 0 Å². The largest absolute Gasteiger partial charge is 0.457 e. The van der Waals surface area contributed by atoms with Gasteiger partial charge in [0, 0.05) is 5.56 Å². The summed E-state index contributed by atoms with van der Waals surface area (Å²) in [5.74, 6) is -7.78. The second kappa shape index (κ2) is 5.66. The molecule has 0 aliphatic heterocycles.